The van der Waals surface area contributed by atoms with E-state index >= 15 is 0 Å². The quantitative estimate of drug-likeness (QED) is 0.692. The Kier molecular flexibility index (Phi) is 4.92. The summed E-state index contributed by atoms with van der Waals surface area (Å²) in [4.78, 5) is 10.8. The number of hydrogen-bond acceptors (Lipinski definition) is 1. The molecule has 0 atom stereocenters. The Labute approximate surface area is 105 Å². The molecule has 0 aliphatic carbocycles. The van der Waals surface area contributed by atoms with Crippen molar-refractivity contribution in [3.8, 4) is 0 Å². The van der Waals surface area contributed by atoms with Crippen LogP contribution in [0, 0.1) is 0 Å². The van der Waals surface area contributed by atoms with E-state index in [2.05, 4.69) is 45.0 Å². The van der Waals surface area contributed by atoms with Gasteiger partial charge in [-0.2, -0.15) is 0 Å². The fourth-order valence-corrected chi connectivity index (χ4v) is 1.87. The van der Waals surface area contributed by atoms with Crippen LogP contribution in [0.4, 0.5) is 0 Å². The zero-order chi connectivity index (χ0) is 12.9. The second-order valence-corrected chi connectivity index (χ2v) is 5.86. The molecule has 0 saturated carbocycles. The van der Waals surface area contributed by atoms with Crippen LogP contribution in [0.3, 0.4) is 0 Å². The summed E-state index contributed by atoms with van der Waals surface area (Å²) in [6, 6.07) is 8.88. The third-order valence-corrected chi connectivity index (χ3v) is 3.06. The van der Waals surface area contributed by atoms with Crippen LogP contribution < -0.4 is 0 Å². The molecule has 1 aromatic rings. The number of carbonyl (C=O) groups is 1. The number of hydrogen-bond donors (Lipinski definition) is 0. The molecule has 0 aromatic heterocycles. The highest BCUT2D eigenvalue weighted by atomic mass is 16.1. The van der Waals surface area contributed by atoms with Crippen molar-refractivity contribution >= 4 is 5.78 Å². The lowest BCUT2D eigenvalue weighted by Gasteiger charge is -2.19. The van der Waals surface area contributed by atoms with Crippen LogP contribution >= 0.6 is 0 Å². The second-order valence-electron chi connectivity index (χ2n) is 5.86. The number of carbonyl (C=O) groups excluding carboxylic acids is 1. The highest BCUT2D eigenvalue weighted by molar-refractivity contribution is 5.75. The summed E-state index contributed by atoms with van der Waals surface area (Å²) >= 11 is 0. The molecule has 1 nitrogen and oxygen atoms in total. The summed E-state index contributed by atoms with van der Waals surface area (Å²) in [5.74, 6) is 0.299. The lowest BCUT2D eigenvalue weighted by molar-refractivity contribution is -0.117. The van der Waals surface area contributed by atoms with Crippen molar-refractivity contribution in [3.05, 3.63) is 35.4 Å². The van der Waals surface area contributed by atoms with Gasteiger partial charge in [0, 0.05) is 6.42 Å². The molecule has 1 rings (SSSR count). The van der Waals surface area contributed by atoms with E-state index in [9.17, 15) is 4.79 Å². The van der Waals surface area contributed by atoms with E-state index in [1.165, 1.54) is 11.1 Å². The summed E-state index contributed by atoms with van der Waals surface area (Å²) in [7, 11) is 0. The fourth-order valence-electron chi connectivity index (χ4n) is 1.87. The number of Topliss-reactive ketones (excluding diaryl/α,β-unsaturated/α-hetero) is 1. The first kappa shape index (κ1) is 14.0. The Morgan fingerprint density at radius 2 is 1.65 bits per heavy atom. The van der Waals surface area contributed by atoms with Gasteiger partial charge in [-0.3, -0.25) is 0 Å². The predicted octanol–water partition coefficient (Wildman–Crippen LogP) is 4.29. The third kappa shape index (κ3) is 5.16. The van der Waals surface area contributed by atoms with Crippen molar-refractivity contribution in [2.45, 2.75) is 58.8 Å². The Bertz CT molecular complexity index is 354. The van der Waals surface area contributed by atoms with Crippen LogP contribution in [0.5, 0.6) is 0 Å². The Morgan fingerprint density at radius 1 is 1.06 bits per heavy atom. The van der Waals surface area contributed by atoms with Gasteiger partial charge in [-0.15, -0.1) is 0 Å². The largest absolute Gasteiger partial charge is 0.300 e. The summed E-state index contributed by atoms with van der Waals surface area (Å²) in [6.45, 7) is 8.36. The van der Waals surface area contributed by atoms with Crippen molar-refractivity contribution in [1.29, 1.82) is 0 Å². The van der Waals surface area contributed by atoms with Gasteiger partial charge in [-0.05, 0) is 42.7 Å². The van der Waals surface area contributed by atoms with Crippen molar-refractivity contribution in [3.63, 3.8) is 0 Å². The number of aryl methyl sites for hydroxylation is 1. The molecule has 0 saturated heterocycles. The van der Waals surface area contributed by atoms with E-state index in [4.69, 9.17) is 0 Å². The Balaban J connectivity index is 2.43. The standard InChI is InChI=1S/C16H24O/c1-13(17)7-5-6-8-14-9-11-15(12-10-14)16(2,3)4/h9-12H,5-8H2,1-4H3. The molecular formula is C16H24O. The zero-order valence-corrected chi connectivity index (χ0v) is 11.5. The Hall–Kier alpha value is -1.11. The molecular weight excluding hydrogens is 208 g/mol. The van der Waals surface area contributed by atoms with E-state index in [1.807, 2.05) is 0 Å². The summed E-state index contributed by atoms with van der Waals surface area (Å²) < 4.78 is 0. The molecule has 0 heterocycles. The van der Waals surface area contributed by atoms with Gasteiger partial charge in [-0.1, -0.05) is 45.0 Å². The molecule has 0 aliphatic rings. The molecule has 0 bridgehead atoms. The molecule has 0 fully saturated rings. The summed E-state index contributed by atoms with van der Waals surface area (Å²) in [5.41, 5.74) is 2.99. The van der Waals surface area contributed by atoms with Crippen LogP contribution in [0.2, 0.25) is 0 Å². The molecule has 0 radical (unpaired) electrons. The molecule has 0 spiro atoms. The minimum Gasteiger partial charge on any atom is -0.300 e. The average molecular weight is 232 g/mol. The van der Waals surface area contributed by atoms with E-state index in [1.54, 1.807) is 6.92 Å². The van der Waals surface area contributed by atoms with Gasteiger partial charge < -0.3 is 4.79 Å². The smallest absolute Gasteiger partial charge is 0.129 e. The van der Waals surface area contributed by atoms with Crippen LogP contribution in [0.1, 0.15) is 58.1 Å². The molecule has 1 heteroatoms. The molecule has 0 N–H and O–H groups in total. The highest BCUT2D eigenvalue weighted by Crippen LogP contribution is 2.22. The maximum absolute atomic E-state index is 10.8. The lowest BCUT2D eigenvalue weighted by atomic mass is 9.86. The topological polar surface area (TPSA) is 17.1 Å². The maximum atomic E-state index is 10.8. The molecule has 94 valence electrons. The average Bonchev–Trinajstić information content (AvgIpc) is 2.23. The van der Waals surface area contributed by atoms with Crippen LogP contribution in [-0.4, -0.2) is 5.78 Å². The van der Waals surface area contributed by atoms with E-state index in [-0.39, 0.29) is 5.41 Å². The van der Waals surface area contributed by atoms with Crippen LogP contribution in [0.25, 0.3) is 0 Å². The molecule has 1 aromatic carbocycles. The minimum atomic E-state index is 0.229. The van der Waals surface area contributed by atoms with Gasteiger partial charge >= 0.3 is 0 Å². The van der Waals surface area contributed by atoms with Crippen LogP contribution in [-0.2, 0) is 16.6 Å². The van der Waals surface area contributed by atoms with Crippen LogP contribution in [0.15, 0.2) is 24.3 Å². The number of ketones is 1. The molecule has 0 aliphatic heterocycles. The van der Waals surface area contributed by atoms with Crippen molar-refractivity contribution in [2.24, 2.45) is 0 Å². The SMILES string of the molecule is CC(=O)CCCCc1ccc(C(C)(C)C)cc1. The van der Waals surface area contributed by atoms with Gasteiger partial charge in [0.05, 0.1) is 0 Å². The highest BCUT2D eigenvalue weighted by Gasteiger charge is 2.12. The van der Waals surface area contributed by atoms with Crippen molar-refractivity contribution < 1.29 is 4.79 Å². The zero-order valence-electron chi connectivity index (χ0n) is 11.5. The first-order chi connectivity index (χ1) is 7.89. The van der Waals surface area contributed by atoms with Gasteiger partial charge in [0.25, 0.3) is 0 Å². The number of benzene rings is 1. The summed E-state index contributed by atoms with van der Waals surface area (Å²) in [6.07, 6.45) is 3.92. The van der Waals surface area contributed by atoms with Gasteiger partial charge in [0.15, 0.2) is 0 Å². The lowest BCUT2D eigenvalue weighted by Crippen LogP contribution is -2.10. The number of unbranched alkanes of at least 4 members (excludes halogenated alkanes) is 1. The number of rotatable bonds is 5. The van der Waals surface area contributed by atoms with Crippen molar-refractivity contribution in [2.75, 3.05) is 0 Å². The third-order valence-electron chi connectivity index (χ3n) is 3.06. The van der Waals surface area contributed by atoms with E-state index < -0.39 is 0 Å². The van der Waals surface area contributed by atoms with E-state index in [0.717, 1.165) is 25.7 Å². The van der Waals surface area contributed by atoms with Gasteiger partial charge in [-0.25, -0.2) is 0 Å². The fraction of sp³-hybridized carbons (Fsp3) is 0.562. The molecule has 0 amide bonds. The summed E-state index contributed by atoms with van der Waals surface area (Å²) in [5, 5.41) is 0. The predicted molar refractivity (Wildman–Crippen MR) is 73.4 cm³/mol. The normalized spacial score (nSPS) is 11.5. The monoisotopic (exact) mass is 232 g/mol. The molecule has 0 unspecified atom stereocenters. The van der Waals surface area contributed by atoms with Gasteiger partial charge in [0.2, 0.25) is 0 Å². The first-order valence-electron chi connectivity index (χ1n) is 6.48. The minimum absolute atomic E-state index is 0.229. The first-order valence-corrected chi connectivity index (χ1v) is 6.48. The molecule has 17 heavy (non-hydrogen) atoms. The second kappa shape index (κ2) is 6.00. The Morgan fingerprint density at radius 3 is 2.12 bits per heavy atom. The maximum Gasteiger partial charge on any atom is 0.129 e. The van der Waals surface area contributed by atoms with Gasteiger partial charge in [0.1, 0.15) is 5.78 Å². The van der Waals surface area contributed by atoms with Crippen molar-refractivity contribution in [1.82, 2.24) is 0 Å². The van der Waals surface area contributed by atoms with E-state index in [0.29, 0.717) is 5.78 Å².